The van der Waals surface area contributed by atoms with Crippen molar-refractivity contribution in [2.45, 2.75) is 6.61 Å². The number of ether oxygens (including phenoxy) is 2. The van der Waals surface area contributed by atoms with Crippen molar-refractivity contribution in [3.8, 4) is 5.75 Å². The summed E-state index contributed by atoms with van der Waals surface area (Å²) in [5.74, 6) is 0.193. The first kappa shape index (κ1) is 23.3. The summed E-state index contributed by atoms with van der Waals surface area (Å²) in [4.78, 5) is 16.6. The largest absolute Gasteiger partial charge is 0.487 e. The summed E-state index contributed by atoms with van der Waals surface area (Å²) in [6, 6.07) is 15.9. The Balaban J connectivity index is 1.56. The molecule has 0 radical (unpaired) electrons. The zero-order valence-corrected chi connectivity index (χ0v) is 21.5. The molecule has 162 valence electrons. The number of nitrogens with zero attached hydrogens (tertiary/aromatic N) is 1. The van der Waals surface area contributed by atoms with Gasteiger partial charge >= 0.3 is 5.97 Å². The van der Waals surface area contributed by atoms with Gasteiger partial charge in [-0.2, -0.15) is 0 Å². The molecule has 0 unspecified atom stereocenters. The first-order valence-corrected chi connectivity index (χ1v) is 11.9. The van der Waals surface area contributed by atoms with Crippen molar-refractivity contribution >= 4 is 84.6 Å². The van der Waals surface area contributed by atoms with Crippen LogP contribution in [-0.2, 0) is 16.1 Å². The van der Waals surface area contributed by atoms with E-state index in [0.717, 1.165) is 11.1 Å². The maximum absolute atomic E-state index is 12.3. The molecule has 0 saturated carbocycles. The molecule has 3 aromatic rings. The van der Waals surface area contributed by atoms with E-state index in [4.69, 9.17) is 44.3 Å². The maximum Gasteiger partial charge on any atom is 0.363 e. The Labute approximate surface area is 216 Å². The first-order chi connectivity index (χ1) is 15.3. The van der Waals surface area contributed by atoms with Crippen LogP contribution in [0.4, 0.5) is 0 Å². The molecule has 0 atom stereocenters. The van der Waals surface area contributed by atoms with Crippen LogP contribution >= 0.6 is 66.7 Å². The topological polar surface area (TPSA) is 47.9 Å². The third-order valence-electron chi connectivity index (χ3n) is 4.40. The molecule has 0 saturated heterocycles. The zero-order valence-electron chi connectivity index (χ0n) is 16.0. The number of carbonyl (C=O) groups excluding carboxylic acids is 1. The Morgan fingerprint density at radius 2 is 1.59 bits per heavy atom. The maximum atomic E-state index is 12.3. The van der Waals surface area contributed by atoms with Crippen LogP contribution in [0.2, 0.25) is 15.1 Å². The fourth-order valence-corrected chi connectivity index (χ4v) is 4.95. The molecular formula is C23H12Br2Cl3NO3. The Morgan fingerprint density at radius 1 is 0.938 bits per heavy atom. The van der Waals surface area contributed by atoms with Crippen LogP contribution in [0, 0.1) is 0 Å². The minimum atomic E-state index is -0.568. The van der Waals surface area contributed by atoms with Gasteiger partial charge in [-0.1, -0.05) is 46.9 Å². The number of aliphatic imine (C=N–C) groups is 1. The Kier molecular flexibility index (Phi) is 7.27. The van der Waals surface area contributed by atoms with Gasteiger partial charge in [0.2, 0.25) is 5.90 Å². The van der Waals surface area contributed by atoms with Gasteiger partial charge < -0.3 is 9.47 Å². The molecule has 1 aliphatic heterocycles. The first-order valence-electron chi connectivity index (χ1n) is 9.14. The van der Waals surface area contributed by atoms with E-state index < -0.39 is 5.97 Å². The van der Waals surface area contributed by atoms with E-state index in [9.17, 15) is 4.79 Å². The van der Waals surface area contributed by atoms with Crippen LogP contribution in [0.25, 0.3) is 6.08 Å². The number of hydrogen-bond donors (Lipinski definition) is 0. The summed E-state index contributed by atoms with van der Waals surface area (Å²) >= 11 is 25.1. The van der Waals surface area contributed by atoms with Gasteiger partial charge in [0.05, 0.1) is 19.5 Å². The number of benzene rings is 3. The molecule has 0 bridgehead atoms. The number of cyclic esters (lactones) is 1. The van der Waals surface area contributed by atoms with E-state index in [0.29, 0.717) is 41.9 Å². The number of halogens is 5. The molecule has 0 aliphatic carbocycles. The van der Waals surface area contributed by atoms with Gasteiger partial charge in [0, 0.05) is 10.0 Å². The third-order valence-corrected chi connectivity index (χ3v) is 6.38. The smallest absolute Gasteiger partial charge is 0.363 e. The molecule has 0 spiro atoms. The van der Waals surface area contributed by atoms with Crippen LogP contribution in [-0.4, -0.2) is 11.9 Å². The van der Waals surface area contributed by atoms with Gasteiger partial charge in [0.15, 0.2) is 5.70 Å². The van der Waals surface area contributed by atoms with Crippen molar-refractivity contribution in [1.82, 2.24) is 0 Å². The second-order valence-electron chi connectivity index (χ2n) is 6.69. The lowest BCUT2D eigenvalue weighted by Crippen LogP contribution is -2.05. The van der Waals surface area contributed by atoms with Crippen LogP contribution in [0.5, 0.6) is 5.75 Å². The molecule has 0 fully saturated rings. The molecule has 0 aromatic heterocycles. The average Bonchev–Trinajstić information content (AvgIpc) is 3.08. The molecule has 32 heavy (non-hydrogen) atoms. The van der Waals surface area contributed by atoms with Crippen molar-refractivity contribution in [2.24, 2.45) is 4.99 Å². The number of hydrogen-bond acceptors (Lipinski definition) is 4. The summed E-state index contributed by atoms with van der Waals surface area (Å²) in [5, 5.41) is 1.49. The van der Waals surface area contributed by atoms with Crippen molar-refractivity contribution in [3.63, 3.8) is 0 Å². The minimum absolute atomic E-state index is 0.129. The second kappa shape index (κ2) is 9.98. The third kappa shape index (κ3) is 5.38. The molecule has 4 rings (SSSR count). The molecule has 1 heterocycles. The van der Waals surface area contributed by atoms with E-state index in [1.165, 1.54) is 0 Å². The van der Waals surface area contributed by atoms with Crippen molar-refractivity contribution in [2.75, 3.05) is 0 Å². The molecule has 0 amide bonds. The molecule has 1 aliphatic rings. The normalized spacial score (nSPS) is 14.5. The van der Waals surface area contributed by atoms with E-state index >= 15 is 0 Å². The standard InChI is InChI=1S/C23H12Br2Cl3NO3/c24-17-7-13(8-18(25)21(17)31-11-12-1-3-14(26)4-2-12)9-20-23(30)32-22(29-20)16-6-5-15(27)10-19(16)28/h1-10H,11H2/b20-9-. The Hall–Kier alpha value is -1.83. The van der Waals surface area contributed by atoms with Gasteiger partial charge in [-0.05, 0) is 91.5 Å². The van der Waals surface area contributed by atoms with Gasteiger partial charge in [-0.15, -0.1) is 0 Å². The van der Waals surface area contributed by atoms with Crippen LogP contribution in [0.1, 0.15) is 16.7 Å². The SMILES string of the molecule is O=C1OC(c2ccc(Cl)cc2Cl)=N/C1=C\c1cc(Br)c(OCc2ccc(Cl)cc2)c(Br)c1. The van der Waals surface area contributed by atoms with Gasteiger partial charge in [-0.25, -0.2) is 9.79 Å². The lowest BCUT2D eigenvalue weighted by Gasteiger charge is -2.11. The highest BCUT2D eigenvalue weighted by atomic mass is 79.9. The van der Waals surface area contributed by atoms with Crippen molar-refractivity contribution in [3.05, 3.63) is 101 Å². The van der Waals surface area contributed by atoms with Crippen molar-refractivity contribution in [1.29, 1.82) is 0 Å². The molecule has 4 nitrogen and oxygen atoms in total. The number of esters is 1. The molecule has 3 aromatic carbocycles. The molecular weight excluding hydrogens is 604 g/mol. The number of carbonyl (C=O) groups is 1. The summed E-state index contributed by atoms with van der Waals surface area (Å²) in [6.45, 7) is 0.372. The lowest BCUT2D eigenvalue weighted by molar-refractivity contribution is -0.129. The van der Waals surface area contributed by atoms with Crippen LogP contribution in [0.15, 0.2) is 74.2 Å². The van der Waals surface area contributed by atoms with Gasteiger partial charge in [-0.3, -0.25) is 0 Å². The summed E-state index contributed by atoms with van der Waals surface area (Å²) in [6.07, 6.45) is 1.62. The summed E-state index contributed by atoms with van der Waals surface area (Å²) in [5.41, 5.74) is 2.35. The quantitative estimate of drug-likeness (QED) is 0.215. The van der Waals surface area contributed by atoms with E-state index in [1.54, 1.807) is 24.3 Å². The van der Waals surface area contributed by atoms with Crippen LogP contribution < -0.4 is 4.74 Å². The molecule has 9 heteroatoms. The fraction of sp³-hybridized carbons (Fsp3) is 0.0435. The number of rotatable bonds is 5. The van der Waals surface area contributed by atoms with E-state index in [-0.39, 0.29) is 11.6 Å². The highest BCUT2D eigenvalue weighted by Gasteiger charge is 2.26. The molecule has 0 N–H and O–H groups in total. The van der Waals surface area contributed by atoms with E-state index in [1.807, 2.05) is 36.4 Å². The Morgan fingerprint density at radius 3 is 2.25 bits per heavy atom. The van der Waals surface area contributed by atoms with Crippen molar-refractivity contribution < 1.29 is 14.3 Å². The highest BCUT2D eigenvalue weighted by molar-refractivity contribution is 9.11. The lowest BCUT2D eigenvalue weighted by atomic mass is 10.2. The highest BCUT2D eigenvalue weighted by Crippen LogP contribution is 2.36. The predicted molar refractivity (Wildman–Crippen MR) is 135 cm³/mol. The minimum Gasteiger partial charge on any atom is -0.487 e. The average molecular weight is 617 g/mol. The fourth-order valence-electron chi connectivity index (χ4n) is 2.88. The Bertz CT molecular complexity index is 1250. The second-order valence-corrected chi connectivity index (χ2v) is 9.68. The van der Waals surface area contributed by atoms with Crippen LogP contribution in [0.3, 0.4) is 0 Å². The predicted octanol–water partition coefficient (Wildman–Crippen LogP) is 8.10. The zero-order chi connectivity index (χ0) is 22.8. The van der Waals surface area contributed by atoms with Gasteiger partial charge in [0.25, 0.3) is 0 Å². The monoisotopic (exact) mass is 613 g/mol. The summed E-state index contributed by atoms with van der Waals surface area (Å²) in [7, 11) is 0. The van der Waals surface area contributed by atoms with Gasteiger partial charge in [0.1, 0.15) is 12.4 Å². The van der Waals surface area contributed by atoms with E-state index in [2.05, 4.69) is 36.9 Å². The summed E-state index contributed by atoms with van der Waals surface area (Å²) < 4.78 is 12.7.